The van der Waals surface area contributed by atoms with Gasteiger partial charge in [0.2, 0.25) is 6.61 Å². The summed E-state index contributed by atoms with van der Waals surface area (Å²) in [5.74, 6) is 0.764. The van der Waals surface area contributed by atoms with Gasteiger partial charge in [-0.1, -0.05) is 18.2 Å². The molecule has 1 aliphatic heterocycles. The number of fused-ring (bicyclic) bond motifs is 1. The molecule has 0 aliphatic carbocycles. The van der Waals surface area contributed by atoms with Gasteiger partial charge in [0, 0.05) is 5.56 Å². The number of hydrogen-bond acceptors (Lipinski definition) is 3. The Morgan fingerprint density at radius 1 is 1.31 bits per heavy atom. The number of rotatable bonds is 1. The van der Waals surface area contributed by atoms with Crippen molar-refractivity contribution in [1.82, 2.24) is 4.90 Å². The average molecular weight is 177 g/mol. The fraction of sp³-hybridized carbons (Fsp3) is 0.300. The second kappa shape index (κ2) is 3.36. The third-order valence-electron chi connectivity index (χ3n) is 2.02. The maximum absolute atomic E-state index is 4.97. The summed E-state index contributed by atoms with van der Waals surface area (Å²) in [7, 11) is 3.95. The molecule has 0 saturated heterocycles. The quantitative estimate of drug-likeness (QED) is 0.609. The molecule has 1 unspecified atom stereocenters. The molecule has 0 N–H and O–H groups in total. The second-order valence-corrected chi connectivity index (χ2v) is 3.19. The molecule has 1 aromatic rings. The van der Waals surface area contributed by atoms with Gasteiger partial charge in [0.15, 0.2) is 5.75 Å². The van der Waals surface area contributed by atoms with Crippen LogP contribution in [0.5, 0.6) is 5.75 Å². The van der Waals surface area contributed by atoms with Crippen molar-refractivity contribution in [1.29, 1.82) is 0 Å². The van der Waals surface area contributed by atoms with Crippen molar-refractivity contribution in [3.63, 3.8) is 0 Å². The van der Waals surface area contributed by atoms with E-state index in [1.807, 2.05) is 43.3 Å². The SMILES string of the molecule is CN(C)C1[C]OOc2ccccc21. The molecule has 1 atom stereocenters. The van der Waals surface area contributed by atoms with Crippen LogP contribution in [-0.4, -0.2) is 19.0 Å². The Morgan fingerprint density at radius 3 is 2.85 bits per heavy atom. The number of hydrogen-bond donors (Lipinski definition) is 0. The Bertz CT molecular complexity index is 299. The lowest BCUT2D eigenvalue weighted by Crippen LogP contribution is -2.25. The van der Waals surface area contributed by atoms with Crippen LogP contribution in [0.2, 0.25) is 0 Å². The first-order chi connectivity index (χ1) is 6.29. The van der Waals surface area contributed by atoms with Gasteiger partial charge in [-0.05, 0) is 20.2 Å². The predicted molar refractivity (Wildman–Crippen MR) is 47.8 cm³/mol. The number of benzene rings is 1. The normalized spacial score (nSPS) is 21.0. The van der Waals surface area contributed by atoms with Gasteiger partial charge in [0.1, 0.15) is 0 Å². The van der Waals surface area contributed by atoms with Crippen LogP contribution >= 0.6 is 0 Å². The van der Waals surface area contributed by atoms with Gasteiger partial charge in [-0.25, -0.2) is 0 Å². The summed E-state index contributed by atoms with van der Waals surface area (Å²) < 4.78 is 0. The monoisotopic (exact) mass is 177 g/mol. The molecule has 13 heavy (non-hydrogen) atoms. The number of likely N-dealkylation sites (N-methyl/N-ethyl adjacent to an activating group) is 1. The summed E-state index contributed by atoms with van der Waals surface area (Å²) >= 11 is 0. The standard InChI is InChI=1S/C10H11NO2/c1-11(2)9-7-12-13-10-6-4-3-5-8(9)10/h3-6,9H,1-2H3. The Kier molecular flexibility index (Phi) is 2.20. The van der Waals surface area contributed by atoms with Gasteiger partial charge < -0.3 is 4.89 Å². The van der Waals surface area contributed by atoms with E-state index in [-0.39, 0.29) is 6.04 Å². The lowest BCUT2D eigenvalue weighted by Gasteiger charge is -2.27. The third kappa shape index (κ3) is 1.53. The van der Waals surface area contributed by atoms with E-state index in [0.717, 1.165) is 11.3 Å². The van der Waals surface area contributed by atoms with E-state index in [0.29, 0.717) is 0 Å². The molecule has 2 radical (unpaired) electrons. The summed E-state index contributed by atoms with van der Waals surface area (Å²) in [5.41, 5.74) is 1.08. The highest BCUT2D eigenvalue weighted by Gasteiger charge is 2.25. The van der Waals surface area contributed by atoms with E-state index in [1.165, 1.54) is 0 Å². The van der Waals surface area contributed by atoms with Crippen molar-refractivity contribution in [2.24, 2.45) is 0 Å². The molecule has 1 aliphatic rings. The van der Waals surface area contributed by atoms with Crippen LogP contribution in [0.15, 0.2) is 24.3 Å². The first-order valence-corrected chi connectivity index (χ1v) is 4.13. The minimum Gasteiger partial charge on any atom is -0.336 e. The van der Waals surface area contributed by atoms with Crippen molar-refractivity contribution < 1.29 is 9.78 Å². The van der Waals surface area contributed by atoms with Gasteiger partial charge in [0.25, 0.3) is 0 Å². The Balaban J connectivity index is 2.37. The molecule has 0 spiro atoms. The summed E-state index contributed by atoms with van der Waals surface area (Å²) in [6.07, 6.45) is 0. The summed E-state index contributed by atoms with van der Waals surface area (Å²) in [4.78, 5) is 11.8. The van der Waals surface area contributed by atoms with Crippen LogP contribution in [0.3, 0.4) is 0 Å². The van der Waals surface area contributed by atoms with Gasteiger partial charge in [-0.3, -0.25) is 4.90 Å². The first-order valence-electron chi connectivity index (χ1n) is 4.13. The fourth-order valence-electron chi connectivity index (χ4n) is 1.34. The third-order valence-corrected chi connectivity index (χ3v) is 2.02. The molecule has 3 nitrogen and oxygen atoms in total. The van der Waals surface area contributed by atoms with Crippen LogP contribution in [0.1, 0.15) is 11.6 Å². The van der Waals surface area contributed by atoms with Crippen molar-refractivity contribution in [3.8, 4) is 5.75 Å². The zero-order chi connectivity index (χ0) is 9.26. The maximum Gasteiger partial charge on any atom is 0.211 e. The van der Waals surface area contributed by atoms with Crippen molar-refractivity contribution >= 4 is 0 Å². The topological polar surface area (TPSA) is 21.7 Å². The fourth-order valence-corrected chi connectivity index (χ4v) is 1.34. The molecule has 0 fully saturated rings. The van der Waals surface area contributed by atoms with Crippen LogP contribution < -0.4 is 4.89 Å². The lowest BCUT2D eigenvalue weighted by molar-refractivity contribution is -0.195. The predicted octanol–water partition coefficient (Wildman–Crippen LogP) is 1.65. The second-order valence-electron chi connectivity index (χ2n) is 3.19. The van der Waals surface area contributed by atoms with Crippen LogP contribution in [0, 0.1) is 6.61 Å². The van der Waals surface area contributed by atoms with Crippen molar-refractivity contribution in [2.75, 3.05) is 14.1 Å². The highest BCUT2D eigenvalue weighted by molar-refractivity contribution is 5.37. The lowest BCUT2D eigenvalue weighted by atomic mass is 10.1. The van der Waals surface area contributed by atoms with E-state index in [2.05, 4.69) is 6.61 Å². The summed E-state index contributed by atoms with van der Waals surface area (Å²) in [5, 5.41) is 0. The molecular weight excluding hydrogens is 166 g/mol. The average Bonchev–Trinajstić information content (AvgIpc) is 2.17. The van der Waals surface area contributed by atoms with Gasteiger partial charge >= 0.3 is 0 Å². The zero-order valence-corrected chi connectivity index (χ0v) is 7.65. The van der Waals surface area contributed by atoms with Gasteiger partial charge in [0.05, 0.1) is 6.04 Å². The summed E-state index contributed by atoms with van der Waals surface area (Å²) in [6.45, 7) is 2.78. The molecule has 1 aromatic carbocycles. The molecule has 68 valence electrons. The van der Waals surface area contributed by atoms with E-state index in [9.17, 15) is 0 Å². The van der Waals surface area contributed by atoms with Gasteiger partial charge in [-0.15, -0.1) is 0 Å². The molecule has 0 saturated carbocycles. The number of para-hydroxylation sites is 1. The molecule has 0 aromatic heterocycles. The molecular formula is C10H11NO2. The first kappa shape index (κ1) is 8.53. The molecule has 3 heteroatoms. The molecule has 0 amide bonds. The van der Waals surface area contributed by atoms with E-state index < -0.39 is 0 Å². The highest BCUT2D eigenvalue weighted by Crippen LogP contribution is 2.34. The Hall–Kier alpha value is -1.06. The smallest absolute Gasteiger partial charge is 0.211 e. The van der Waals surface area contributed by atoms with Crippen LogP contribution in [0.25, 0.3) is 0 Å². The number of nitrogens with zero attached hydrogens (tertiary/aromatic N) is 1. The summed E-state index contributed by atoms with van der Waals surface area (Å²) in [6, 6.07) is 7.83. The highest BCUT2D eigenvalue weighted by atomic mass is 17.2. The van der Waals surface area contributed by atoms with Crippen LogP contribution in [-0.2, 0) is 4.89 Å². The largest absolute Gasteiger partial charge is 0.336 e. The zero-order valence-electron chi connectivity index (χ0n) is 7.65. The Morgan fingerprint density at radius 2 is 2.08 bits per heavy atom. The molecule has 1 heterocycles. The van der Waals surface area contributed by atoms with E-state index in [1.54, 1.807) is 0 Å². The van der Waals surface area contributed by atoms with Gasteiger partial charge in [-0.2, -0.15) is 4.89 Å². The minimum atomic E-state index is 0.0462. The Labute approximate surface area is 77.8 Å². The van der Waals surface area contributed by atoms with E-state index in [4.69, 9.17) is 9.78 Å². The van der Waals surface area contributed by atoms with E-state index >= 15 is 0 Å². The molecule has 2 rings (SSSR count). The maximum atomic E-state index is 4.97. The van der Waals surface area contributed by atoms with Crippen molar-refractivity contribution in [3.05, 3.63) is 36.4 Å². The van der Waals surface area contributed by atoms with Crippen LogP contribution in [0.4, 0.5) is 0 Å². The van der Waals surface area contributed by atoms with Crippen molar-refractivity contribution in [2.45, 2.75) is 6.04 Å². The molecule has 0 bridgehead atoms. The minimum absolute atomic E-state index is 0.0462.